The number of likely N-dealkylation sites (tertiary alicyclic amines) is 1. The molecule has 1 N–H and O–H groups in total. The number of nitrogens with one attached hydrogen (secondary N) is 1. The Balaban J connectivity index is 1.81. The molecule has 8 heteroatoms. The van der Waals surface area contributed by atoms with Crippen LogP contribution >= 0.6 is 15.9 Å². The van der Waals surface area contributed by atoms with Crippen LogP contribution in [0.4, 0.5) is 9.18 Å². The van der Waals surface area contributed by atoms with Crippen molar-refractivity contribution in [1.82, 2.24) is 14.5 Å². The van der Waals surface area contributed by atoms with Crippen LogP contribution in [0.5, 0.6) is 0 Å². The van der Waals surface area contributed by atoms with Gasteiger partial charge in [-0.05, 0) is 42.8 Å². The number of hydrogen-bond acceptors (Lipinski definition) is 3. The number of nitrogens with zero attached hydrogens (tertiary/aromatic N) is 2. The van der Waals surface area contributed by atoms with Crippen LogP contribution in [0.15, 0.2) is 21.4 Å². The van der Waals surface area contributed by atoms with E-state index in [1.807, 2.05) is 0 Å². The van der Waals surface area contributed by atoms with Gasteiger partial charge in [0.1, 0.15) is 11.4 Å². The molecule has 6 nitrogen and oxygen atoms in total. The van der Waals surface area contributed by atoms with Gasteiger partial charge in [0.05, 0.1) is 21.5 Å². The number of imidazole rings is 1. The van der Waals surface area contributed by atoms with E-state index < -0.39 is 17.5 Å². The Morgan fingerprint density at radius 1 is 1.39 bits per heavy atom. The summed E-state index contributed by atoms with van der Waals surface area (Å²) in [5.74, 6) is -0.435. The summed E-state index contributed by atoms with van der Waals surface area (Å²) in [6.45, 7) is 6.18. The quantitative estimate of drug-likeness (QED) is 0.820. The maximum atomic E-state index is 13.6. The summed E-state index contributed by atoms with van der Waals surface area (Å²) >= 11 is 3.13. The number of aromatic nitrogens is 2. The van der Waals surface area contributed by atoms with Gasteiger partial charge in [-0.15, -0.1) is 0 Å². The highest BCUT2D eigenvalue weighted by atomic mass is 79.9. The van der Waals surface area contributed by atoms with Crippen molar-refractivity contribution >= 4 is 33.1 Å². The average molecular weight is 386 g/mol. The van der Waals surface area contributed by atoms with Crippen molar-refractivity contribution in [2.24, 2.45) is 0 Å². The van der Waals surface area contributed by atoms with Gasteiger partial charge in [0.2, 0.25) is 0 Å². The van der Waals surface area contributed by atoms with E-state index in [9.17, 15) is 14.0 Å². The fourth-order valence-electron chi connectivity index (χ4n) is 2.58. The van der Waals surface area contributed by atoms with Crippen molar-refractivity contribution in [1.29, 1.82) is 0 Å². The number of amides is 1. The van der Waals surface area contributed by atoms with Crippen LogP contribution < -0.4 is 5.69 Å². The zero-order valence-corrected chi connectivity index (χ0v) is 14.6. The zero-order valence-electron chi connectivity index (χ0n) is 13.0. The molecule has 1 aromatic heterocycles. The third kappa shape index (κ3) is 2.99. The summed E-state index contributed by atoms with van der Waals surface area (Å²) in [7, 11) is 0. The van der Waals surface area contributed by atoms with Gasteiger partial charge in [-0.25, -0.2) is 14.0 Å². The zero-order chi connectivity index (χ0) is 16.9. The van der Waals surface area contributed by atoms with E-state index in [1.54, 1.807) is 36.3 Å². The highest BCUT2D eigenvalue weighted by molar-refractivity contribution is 9.10. The van der Waals surface area contributed by atoms with Gasteiger partial charge >= 0.3 is 11.8 Å². The van der Waals surface area contributed by atoms with Crippen LogP contribution in [0, 0.1) is 5.82 Å². The highest BCUT2D eigenvalue weighted by Gasteiger charge is 2.36. The Hall–Kier alpha value is -1.83. The molecular weight excluding hydrogens is 369 g/mol. The third-order valence-corrected chi connectivity index (χ3v) is 4.25. The molecule has 124 valence electrons. The summed E-state index contributed by atoms with van der Waals surface area (Å²) in [6.07, 6.45) is -0.395. The predicted molar refractivity (Wildman–Crippen MR) is 87.1 cm³/mol. The van der Waals surface area contributed by atoms with E-state index in [2.05, 4.69) is 20.9 Å². The Bertz CT molecular complexity index is 831. The first kappa shape index (κ1) is 16.0. The number of benzene rings is 1. The lowest BCUT2D eigenvalue weighted by Crippen LogP contribution is -2.53. The lowest BCUT2D eigenvalue weighted by Gasteiger charge is -2.40. The van der Waals surface area contributed by atoms with Crippen molar-refractivity contribution in [2.75, 3.05) is 13.1 Å². The molecule has 1 aliphatic rings. The number of carbonyl (C=O) groups excluding carboxylic acids is 1. The normalized spacial score (nSPS) is 15.8. The van der Waals surface area contributed by atoms with E-state index in [1.165, 1.54) is 6.07 Å². The Labute approximate surface area is 140 Å². The van der Waals surface area contributed by atoms with Crippen LogP contribution in [0.25, 0.3) is 11.0 Å². The first-order valence-corrected chi connectivity index (χ1v) is 8.02. The van der Waals surface area contributed by atoms with E-state index in [-0.39, 0.29) is 11.7 Å². The molecule has 0 bridgehead atoms. The molecule has 2 aromatic rings. The van der Waals surface area contributed by atoms with Gasteiger partial charge in [-0.2, -0.15) is 0 Å². The second-order valence-corrected chi connectivity index (χ2v) is 7.48. The minimum absolute atomic E-state index is 0.152. The van der Waals surface area contributed by atoms with Gasteiger partial charge in [-0.3, -0.25) is 4.57 Å². The smallest absolute Gasteiger partial charge is 0.410 e. The number of halogens is 2. The lowest BCUT2D eigenvalue weighted by atomic mass is 10.1. The number of rotatable bonds is 1. The first-order chi connectivity index (χ1) is 10.7. The SMILES string of the molecule is CC(C)(C)OC(=O)N1CC(n2c(=O)[nH]c3cc(F)c(Br)cc32)C1. The van der Waals surface area contributed by atoms with Gasteiger partial charge in [0, 0.05) is 19.2 Å². The maximum absolute atomic E-state index is 13.6. The van der Waals surface area contributed by atoms with Gasteiger partial charge in [-0.1, -0.05) is 0 Å². The molecule has 1 aliphatic heterocycles. The molecule has 1 fully saturated rings. The van der Waals surface area contributed by atoms with E-state index in [0.717, 1.165) is 0 Å². The molecule has 1 aromatic carbocycles. The summed E-state index contributed by atoms with van der Waals surface area (Å²) in [6, 6.07) is 2.70. The molecule has 0 saturated carbocycles. The molecular formula is C15H17BrFN3O3. The van der Waals surface area contributed by atoms with E-state index in [4.69, 9.17) is 4.74 Å². The number of aromatic amines is 1. The predicted octanol–water partition coefficient (Wildman–Crippen LogP) is 3.02. The van der Waals surface area contributed by atoms with Gasteiger partial charge < -0.3 is 14.6 Å². The molecule has 1 amide bonds. The van der Waals surface area contributed by atoms with Crippen LogP contribution in [-0.2, 0) is 4.74 Å². The maximum Gasteiger partial charge on any atom is 0.410 e. The van der Waals surface area contributed by atoms with Crippen molar-refractivity contribution in [3.05, 3.63) is 32.9 Å². The number of fused-ring (bicyclic) bond motifs is 1. The van der Waals surface area contributed by atoms with Gasteiger partial charge in [0.15, 0.2) is 0 Å². The Kier molecular flexibility index (Phi) is 3.74. The number of H-pyrrole nitrogens is 1. The molecule has 3 rings (SSSR count). The van der Waals surface area contributed by atoms with Crippen molar-refractivity contribution < 1.29 is 13.9 Å². The third-order valence-electron chi connectivity index (χ3n) is 3.64. The summed E-state index contributed by atoms with van der Waals surface area (Å²) < 4.78 is 20.7. The van der Waals surface area contributed by atoms with Crippen LogP contribution in [0.2, 0.25) is 0 Å². The topological polar surface area (TPSA) is 67.3 Å². The number of ether oxygens (including phenoxy) is 1. The number of carbonyl (C=O) groups is 1. The molecule has 0 aliphatic carbocycles. The first-order valence-electron chi connectivity index (χ1n) is 7.23. The summed E-state index contributed by atoms with van der Waals surface area (Å²) in [4.78, 5) is 28.3. The second kappa shape index (κ2) is 5.36. The van der Waals surface area contributed by atoms with Crippen LogP contribution in [0.1, 0.15) is 26.8 Å². The molecule has 1 saturated heterocycles. The second-order valence-electron chi connectivity index (χ2n) is 6.62. The Morgan fingerprint density at radius 3 is 2.65 bits per heavy atom. The molecule has 0 unspecified atom stereocenters. The molecule has 2 heterocycles. The van der Waals surface area contributed by atoms with Crippen molar-refractivity contribution in [3.63, 3.8) is 0 Å². The summed E-state index contributed by atoms with van der Waals surface area (Å²) in [5, 5.41) is 0. The van der Waals surface area contributed by atoms with E-state index >= 15 is 0 Å². The highest BCUT2D eigenvalue weighted by Crippen LogP contribution is 2.28. The molecule has 0 radical (unpaired) electrons. The minimum Gasteiger partial charge on any atom is -0.444 e. The fourth-order valence-corrected chi connectivity index (χ4v) is 2.91. The molecule has 0 spiro atoms. The lowest BCUT2D eigenvalue weighted by molar-refractivity contribution is 0.00116. The Morgan fingerprint density at radius 2 is 2.04 bits per heavy atom. The van der Waals surface area contributed by atoms with Crippen molar-refractivity contribution in [2.45, 2.75) is 32.4 Å². The molecule has 0 atom stereocenters. The van der Waals surface area contributed by atoms with Crippen molar-refractivity contribution in [3.8, 4) is 0 Å². The van der Waals surface area contributed by atoms with E-state index in [0.29, 0.717) is 28.6 Å². The van der Waals surface area contributed by atoms with Crippen LogP contribution in [0.3, 0.4) is 0 Å². The standard InChI is InChI=1S/C15H17BrFN3O3/c1-15(2,3)23-14(22)19-6-8(7-19)20-12-4-9(16)10(17)5-11(12)18-13(20)21/h4-5,8H,6-7H2,1-3H3,(H,18,21). The fraction of sp³-hybridized carbons (Fsp3) is 0.467. The monoisotopic (exact) mass is 385 g/mol. The largest absolute Gasteiger partial charge is 0.444 e. The van der Waals surface area contributed by atoms with Gasteiger partial charge in [0.25, 0.3) is 0 Å². The average Bonchev–Trinajstić information content (AvgIpc) is 2.63. The molecule has 23 heavy (non-hydrogen) atoms. The minimum atomic E-state index is -0.553. The van der Waals surface area contributed by atoms with Crippen LogP contribution in [-0.4, -0.2) is 39.2 Å². The number of hydrogen-bond donors (Lipinski definition) is 1. The summed E-state index contributed by atoms with van der Waals surface area (Å²) in [5.41, 5.74) is 0.178.